The molecule has 19 heavy (non-hydrogen) atoms. The number of fused-ring (bicyclic) bond motifs is 1. The van der Waals surface area contributed by atoms with E-state index in [9.17, 15) is 4.79 Å². The zero-order valence-electron chi connectivity index (χ0n) is 11.3. The van der Waals surface area contributed by atoms with Crippen molar-refractivity contribution >= 4 is 11.6 Å². The summed E-state index contributed by atoms with van der Waals surface area (Å²) in [6.07, 6.45) is 9.33. The van der Waals surface area contributed by atoms with Gasteiger partial charge in [0.2, 0.25) is 0 Å². The molecule has 3 heteroatoms. The number of hydrogen-bond donors (Lipinski definition) is 2. The van der Waals surface area contributed by atoms with Gasteiger partial charge >= 0.3 is 0 Å². The molecular weight excluding hydrogens is 236 g/mol. The number of amides is 1. The molecule has 2 N–H and O–H groups in total. The monoisotopic (exact) mass is 256 g/mol. The standard InChI is InChI=1S/C16H20N2O/c1-3-6-14(4-2)18-16(19)13-8-9-15-12(11-13)7-5-10-17-15/h2,8-9,11,14,17H,3,5-7,10H2,1H3,(H,18,19). The lowest BCUT2D eigenvalue weighted by molar-refractivity contribution is 0.0944. The zero-order valence-corrected chi connectivity index (χ0v) is 11.3. The van der Waals surface area contributed by atoms with E-state index in [2.05, 4.69) is 23.5 Å². The summed E-state index contributed by atoms with van der Waals surface area (Å²) < 4.78 is 0. The summed E-state index contributed by atoms with van der Waals surface area (Å²) in [5.41, 5.74) is 3.05. The molecule has 1 aromatic rings. The summed E-state index contributed by atoms with van der Waals surface area (Å²) in [5, 5.41) is 6.23. The van der Waals surface area contributed by atoms with Gasteiger partial charge < -0.3 is 10.6 Å². The first kappa shape index (κ1) is 13.5. The number of benzene rings is 1. The number of terminal acetylenes is 1. The van der Waals surface area contributed by atoms with Crippen molar-refractivity contribution in [2.24, 2.45) is 0 Å². The number of aryl methyl sites for hydroxylation is 1. The highest BCUT2D eigenvalue weighted by Crippen LogP contribution is 2.22. The van der Waals surface area contributed by atoms with Gasteiger partial charge in [0.25, 0.3) is 5.91 Å². The minimum Gasteiger partial charge on any atom is -0.385 e. The van der Waals surface area contributed by atoms with E-state index in [-0.39, 0.29) is 11.9 Å². The van der Waals surface area contributed by atoms with Gasteiger partial charge in [-0.2, -0.15) is 0 Å². The van der Waals surface area contributed by atoms with Crippen molar-refractivity contribution in [1.82, 2.24) is 5.32 Å². The van der Waals surface area contributed by atoms with Crippen molar-refractivity contribution in [1.29, 1.82) is 0 Å². The van der Waals surface area contributed by atoms with Crippen molar-refractivity contribution in [3.63, 3.8) is 0 Å². The Kier molecular flexibility index (Phi) is 4.46. The summed E-state index contributed by atoms with van der Waals surface area (Å²) in [6, 6.07) is 5.63. The molecule has 0 fully saturated rings. The van der Waals surface area contributed by atoms with Crippen LogP contribution in [0.5, 0.6) is 0 Å². The third-order valence-electron chi connectivity index (χ3n) is 3.39. The molecule has 0 aromatic heterocycles. The van der Waals surface area contributed by atoms with E-state index in [1.54, 1.807) is 0 Å². The smallest absolute Gasteiger partial charge is 0.252 e. The highest BCUT2D eigenvalue weighted by atomic mass is 16.1. The van der Waals surface area contributed by atoms with Gasteiger partial charge in [0.1, 0.15) is 0 Å². The van der Waals surface area contributed by atoms with E-state index >= 15 is 0 Å². The van der Waals surface area contributed by atoms with Gasteiger partial charge in [-0.25, -0.2) is 0 Å². The Balaban J connectivity index is 2.09. The van der Waals surface area contributed by atoms with Crippen LogP contribution in [0.2, 0.25) is 0 Å². The van der Waals surface area contributed by atoms with Crippen LogP contribution < -0.4 is 10.6 Å². The van der Waals surface area contributed by atoms with Crippen LogP contribution in [0.4, 0.5) is 5.69 Å². The summed E-state index contributed by atoms with van der Waals surface area (Å²) in [6.45, 7) is 3.06. The summed E-state index contributed by atoms with van der Waals surface area (Å²) in [7, 11) is 0. The van der Waals surface area contributed by atoms with Crippen molar-refractivity contribution in [2.45, 2.75) is 38.6 Å². The van der Waals surface area contributed by atoms with E-state index in [0.717, 1.165) is 37.9 Å². The van der Waals surface area contributed by atoms with Crippen LogP contribution in [0.3, 0.4) is 0 Å². The molecule has 1 aliphatic rings. The first-order chi connectivity index (χ1) is 9.24. The highest BCUT2D eigenvalue weighted by Gasteiger charge is 2.14. The quantitative estimate of drug-likeness (QED) is 0.813. The number of rotatable bonds is 4. The molecule has 0 radical (unpaired) electrons. The number of nitrogens with one attached hydrogen (secondary N) is 2. The number of carbonyl (C=O) groups excluding carboxylic acids is 1. The third-order valence-corrected chi connectivity index (χ3v) is 3.39. The summed E-state index contributed by atoms with van der Waals surface area (Å²) >= 11 is 0. The lowest BCUT2D eigenvalue weighted by Gasteiger charge is -2.19. The van der Waals surface area contributed by atoms with Crippen LogP contribution in [0.15, 0.2) is 18.2 Å². The maximum atomic E-state index is 12.1. The molecule has 3 nitrogen and oxygen atoms in total. The van der Waals surface area contributed by atoms with E-state index in [1.807, 2.05) is 18.2 Å². The molecule has 1 unspecified atom stereocenters. The maximum Gasteiger partial charge on any atom is 0.252 e. The highest BCUT2D eigenvalue weighted by molar-refractivity contribution is 5.95. The van der Waals surface area contributed by atoms with Gasteiger partial charge in [0, 0.05) is 17.8 Å². The van der Waals surface area contributed by atoms with Crippen molar-refractivity contribution in [3.05, 3.63) is 29.3 Å². The Morgan fingerprint density at radius 3 is 3.16 bits per heavy atom. The third kappa shape index (κ3) is 3.29. The molecule has 1 aromatic carbocycles. The number of hydrogen-bond acceptors (Lipinski definition) is 2. The maximum absolute atomic E-state index is 12.1. The summed E-state index contributed by atoms with van der Waals surface area (Å²) in [4.78, 5) is 12.1. The largest absolute Gasteiger partial charge is 0.385 e. The Labute approximate surface area is 114 Å². The fourth-order valence-corrected chi connectivity index (χ4v) is 2.34. The fourth-order valence-electron chi connectivity index (χ4n) is 2.34. The van der Waals surface area contributed by atoms with Crippen molar-refractivity contribution < 1.29 is 4.79 Å². The van der Waals surface area contributed by atoms with Gasteiger partial charge in [0.05, 0.1) is 6.04 Å². The van der Waals surface area contributed by atoms with Gasteiger partial charge in [-0.3, -0.25) is 4.79 Å². The van der Waals surface area contributed by atoms with Crippen LogP contribution in [0.1, 0.15) is 42.1 Å². The van der Waals surface area contributed by atoms with Crippen molar-refractivity contribution in [2.75, 3.05) is 11.9 Å². The van der Waals surface area contributed by atoms with Crippen LogP contribution >= 0.6 is 0 Å². The van der Waals surface area contributed by atoms with Gasteiger partial charge in [-0.05, 0) is 43.0 Å². The average Bonchev–Trinajstić information content (AvgIpc) is 2.46. The lowest BCUT2D eigenvalue weighted by atomic mass is 10.0. The van der Waals surface area contributed by atoms with Crippen LogP contribution in [0, 0.1) is 12.3 Å². The molecule has 1 heterocycles. The number of anilines is 1. The molecule has 2 rings (SSSR count). The molecule has 0 aliphatic carbocycles. The molecular formula is C16H20N2O. The first-order valence-corrected chi connectivity index (χ1v) is 6.88. The van der Waals surface area contributed by atoms with Crippen LogP contribution in [-0.2, 0) is 6.42 Å². The SMILES string of the molecule is C#CC(CCC)NC(=O)c1ccc2c(c1)CCCN2. The molecule has 0 bridgehead atoms. The number of carbonyl (C=O) groups is 1. The van der Waals surface area contributed by atoms with E-state index < -0.39 is 0 Å². The molecule has 0 spiro atoms. The topological polar surface area (TPSA) is 41.1 Å². The molecule has 1 amide bonds. The Hall–Kier alpha value is -1.95. The Bertz CT molecular complexity index is 502. The Morgan fingerprint density at radius 2 is 2.42 bits per heavy atom. The second-order valence-electron chi connectivity index (χ2n) is 4.88. The second-order valence-corrected chi connectivity index (χ2v) is 4.88. The lowest BCUT2D eigenvalue weighted by Crippen LogP contribution is -2.33. The van der Waals surface area contributed by atoms with E-state index in [1.165, 1.54) is 5.56 Å². The predicted molar refractivity (Wildman–Crippen MR) is 78.2 cm³/mol. The van der Waals surface area contributed by atoms with E-state index in [4.69, 9.17) is 6.42 Å². The molecule has 0 saturated heterocycles. The molecule has 1 aliphatic heterocycles. The normalized spacial score (nSPS) is 14.7. The first-order valence-electron chi connectivity index (χ1n) is 6.88. The molecule has 0 saturated carbocycles. The van der Waals surface area contributed by atoms with Crippen LogP contribution in [0.25, 0.3) is 0 Å². The molecule has 1 atom stereocenters. The fraction of sp³-hybridized carbons (Fsp3) is 0.438. The Morgan fingerprint density at radius 1 is 1.58 bits per heavy atom. The van der Waals surface area contributed by atoms with Gasteiger partial charge in [0.15, 0.2) is 0 Å². The van der Waals surface area contributed by atoms with Gasteiger partial charge in [-0.1, -0.05) is 19.3 Å². The zero-order chi connectivity index (χ0) is 13.7. The predicted octanol–water partition coefficient (Wildman–Crippen LogP) is 2.58. The second kappa shape index (κ2) is 6.29. The van der Waals surface area contributed by atoms with Crippen LogP contribution in [-0.4, -0.2) is 18.5 Å². The van der Waals surface area contributed by atoms with E-state index in [0.29, 0.717) is 5.56 Å². The average molecular weight is 256 g/mol. The van der Waals surface area contributed by atoms with Gasteiger partial charge in [-0.15, -0.1) is 6.42 Å². The minimum absolute atomic E-state index is 0.0789. The minimum atomic E-state index is -0.174. The summed E-state index contributed by atoms with van der Waals surface area (Å²) in [5.74, 6) is 2.54. The molecule has 100 valence electrons. The van der Waals surface area contributed by atoms with Crippen molar-refractivity contribution in [3.8, 4) is 12.3 Å².